The van der Waals surface area contributed by atoms with Crippen LogP contribution in [0.4, 0.5) is 4.39 Å². The smallest absolute Gasteiger partial charge is 0.263 e. The number of amides is 1. The van der Waals surface area contributed by atoms with Crippen molar-refractivity contribution in [2.45, 2.75) is 6.10 Å². The van der Waals surface area contributed by atoms with E-state index in [0.717, 1.165) is 0 Å². The number of hydrogen-bond acceptors (Lipinski definition) is 3. The van der Waals surface area contributed by atoms with Crippen LogP contribution in [-0.2, 0) is 4.79 Å². The monoisotopic (exact) mass is 275 g/mol. The van der Waals surface area contributed by atoms with Gasteiger partial charge in [-0.1, -0.05) is 30.3 Å². The van der Waals surface area contributed by atoms with Gasteiger partial charge in [-0.15, -0.1) is 0 Å². The second kappa shape index (κ2) is 6.06. The van der Waals surface area contributed by atoms with Gasteiger partial charge < -0.3 is 15.2 Å². The predicted octanol–water partition coefficient (Wildman–Crippen LogP) is 2.44. The fourth-order valence-corrected chi connectivity index (χ4v) is 1.78. The summed E-state index contributed by atoms with van der Waals surface area (Å²) in [6.45, 7) is 0. The topological polar surface area (TPSA) is 61.6 Å². The van der Waals surface area contributed by atoms with E-state index in [-0.39, 0.29) is 11.5 Å². The van der Waals surface area contributed by atoms with Crippen LogP contribution < -0.4 is 15.2 Å². The number of rotatable bonds is 5. The number of ether oxygens (including phenoxy) is 2. The minimum atomic E-state index is -0.962. The molecule has 0 saturated carbocycles. The Morgan fingerprint density at radius 1 is 1.15 bits per heavy atom. The third-order valence-electron chi connectivity index (χ3n) is 2.73. The Morgan fingerprint density at radius 2 is 1.85 bits per heavy atom. The molecule has 4 nitrogen and oxygen atoms in total. The van der Waals surface area contributed by atoms with E-state index < -0.39 is 17.8 Å². The second-order valence-corrected chi connectivity index (χ2v) is 4.11. The SMILES string of the molecule is COc1cc(F)ccc1OC(C(N)=O)c1ccccc1. The Morgan fingerprint density at radius 3 is 2.45 bits per heavy atom. The number of carbonyl (C=O) groups is 1. The van der Waals surface area contributed by atoms with Crippen molar-refractivity contribution in [1.29, 1.82) is 0 Å². The number of carbonyl (C=O) groups excluding carboxylic acids is 1. The molecule has 0 aliphatic carbocycles. The van der Waals surface area contributed by atoms with Crippen LogP contribution in [0.1, 0.15) is 11.7 Å². The van der Waals surface area contributed by atoms with E-state index in [1.165, 1.54) is 25.3 Å². The number of methoxy groups -OCH3 is 1. The van der Waals surface area contributed by atoms with Gasteiger partial charge >= 0.3 is 0 Å². The molecule has 5 heteroatoms. The Hall–Kier alpha value is -2.56. The zero-order valence-corrected chi connectivity index (χ0v) is 10.9. The quantitative estimate of drug-likeness (QED) is 0.911. The Bertz CT molecular complexity index is 601. The van der Waals surface area contributed by atoms with E-state index in [9.17, 15) is 9.18 Å². The van der Waals surface area contributed by atoms with Gasteiger partial charge in [0.25, 0.3) is 5.91 Å². The van der Waals surface area contributed by atoms with Gasteiger partial charge in [0.15, 0.2) is 11.5 Å². The summed E-state index contributed by atoms with van der Waals surface area (Å²) in [4.78, 5) is 11.6. The van der Waals surface area contributed by atoms with Crippen LogP contribution in [0.2, 0.25) is 0 Å². The molecule has 0 fully saturated rings. The first kappa shape index (κ1) is 13.9. The van der Waals surface area contributed by atoms with Gasteiger partial charge in [-0.05, 0) is 12.1 Å². The lowest BCUT2D eigenvalue weighted by Gasteiger charge is -2.18. The molecule has 0 spiro atoms. The van der Waals surface area contributed by atoms with Crippen LogP contribution in [0.25, 0.3) is 0 Å². The van der Waals surface area contributed by atoms with Crippen molar-refractivity contribution in [3.63, 3.8) is 0 Å². The number of benzene rings is 2. The Kier molecular flexibility index (Phi) is 4.20. The molecule has 0 radical (unpaired) electrons. The number of hydrogen-bond donors (Lipinski definition) is 1. The standard InChI is InChI=1S/C15H14FNO3/c1-19-13-9-11(16)7-8-12(13)20-14(15(17)18)10-5-3-2-4-6-10/h2-9,14H,1H3,(H2,17,18). The molecule has 20 heavy (non-hydrogen) atoms. The molecule has 0 aromatic heterocycles. The maximum atomic E-state index is 13.1. The van der Waals surface area contributed by atoms with Crippen LogP contribution >= 0.6 is 0 Å². The molecule has 1 unspecified atom stereocenters. The van der Waals surface area contributed by atoms with E-state index in [0.29, 0.717) is 5.56 Å². The lowest BCUT2D eigenvalue weighted by molar-refractivity contribution is -0.125. The first-order chi connectivity index (χ1) is 9.61. The van der Waals surface area contributed by atoms with Gasteiger partial charge in [-0.25, -0.2) is 4.39 Å². The normalized spacial score (nSPS) is 11.7. The van der Waals surface area contributed by atoms with Gasteiger partial charge in [0, 0.05) is 11.6 Å². The van der Waals surface area contributed by atoms with Crippen molar-refractivity contribution in [2.75, 3.05) is 7.11 Å². The maximum Gasteiger partial charge on any atom is 0.263 e. The third-order valence-corrected chi connectivity index (χ3v) is 2.73. The average molecular weight is 275 g/mol. The molecule has 0 bridgehead atoms. The zero-order chi connectivity index (χ0) is 14.5. The summed E-state index contributed by atoms with van der Waals surface area (Å²) in [5.41, 5.74) is 5.98. The Balaban J connectivity index is 2.32. The van der Waals surface area contributed by atoms with Gasteiger partial charge in [0.05, 0.1) is 7.11 Å². The van der Waals surface area contributed by atoms with Crippen LogP contribution in [-0.4, -0.2) is 13.0 Å². The van der Waals surface area contributed by atoms with E-state index in [2.05, 4.69) is 0 Å². The van der Waals surface area contributed by atoms with Crippen molar-refractivity contribution in [3.8, 4) is 11.5 Å². The fourth-order valence-electron chi connectivity index (χ4n) is 1.78. The lowest BCUT2D eigenvalue weighted by atomic mass is 10.1. The highest BCUT2D eigenvalue weighted by atomic mass is 19.1. The van der Waals surface area contributed by atoms with Crippen molar-refractivity contribution in [1.82, 2.24) is 0 Å². The second-order valence-electron chi connectivity index (χ2n) is 4.11. The van der Waals surface area contributed by atoms with Crippen LogP contribution in [0.15, 0.2) is 48.5 Å². The highest BCUT2D eigenvalue weighted by molar-refractivity contribution is 5.80. The summed E-state index contributed by atoms with van der Waals surface area (Å²) in [7, 11) is 1.39. The molecular formula is C15H14FNO3. The molecule has 1 amide bonds. The van der Waals surface area contributed by atoms with E-state index in [4.69, 9.17) is 15.2 Å². The molecule has 0 aliphatic heterocycles. The molecule has 1 atom stereocenters. The van der Waals surface area contributed by atoms with Crippen molar-refractivity contribution < 1.29 is 18.7 Å². The minimum Gasteiger partial charge on any atom is -0.493 e. The summed E-state index contributed by atoms with van der Waals surface area (Å²) < 4.78 is 23.7. The van der Waals surface area contributed by atoms with E-state index in [1.54, 1.807) is 24.3 Å². The lowest BCUT2D eigenvalue weighted by Crippen LogP contribution is -2.26. The van der Waals surface area contributed by atoms with Crippen molar-refractivity contribution in [3.05, 3.63) is 59.9 Å². The molecule has 104 valence electrons. The highest BCUT2D eigenvalue weighted by Gasteiger charge is 2.21. The van der Waals surface area contributed by atoms with Crippen molar-refractivity contribution in [2.24, 2.45) is 5.73 Å². The number of primary amides is 1. The van der Waals surface area contributed by atoms with Crippen LogP contribution in [0, 0.1) is 5.82 Å². The average Bonchev–Trinajstić information content (AvgIpc) is 2.46. The summed E-state index contributed by atoms with van der Waals surface area (Å²) in [6.07, 6.45) is -0.962. The fraction of sp³-hybridized carbons (Fsp3) is 0.133. The first-order valence-electron chi connectivity index (χ1n) is 5.96. The largest absolute Gasteiger partial charge is 0.493 e. The van der Waals surface area contributed by atoms with Crippen molar-refractivity contribution >= 4 is 5.91 Å². The molecule has 2 N–H and O–H groups in total. The van der Waals surface area contributed by atoms with Gasteiger partial charge in [0.2, 0.25) is 6.10 Å². The maximum absolute atomic E-state index is 13.1. The number of halogens is 1. The summed E-state index contributed by atoms with van der Waals surface area (Å²) in [6, 6.07) is 12.6. The summed E-state index contributed by atoms with van der Waals surface area (Å²) >= 11 is 0. The molecule has 2 aromatic rings. The van der Waals surface area contributed by atoms with Crippen LogP contribution in [0.5, 0.6) is 11.5 Å². The molecule has 0 saturated heterocycles. The Labute approximate surface area is 115 Å². The van der Waals surface area contributed by atoms with E-state index >= 15 is 0 Å². The van der Waals surface area contributed by atoms with E-state index in [1.807, 2.05) is 6.07 Å². The third kappa shape index (κ3) is 3.06. The molecule has 2 aromatic carbocycles. The highest BCUT2D eigenvalue weighted by Crippen LogP contribution is 2.31. The van der Waals surface area contributed by atoms with Gasteiger partial charge in [-0.2, -0.15) is 0 Å². The van der Waals surface area contributed by atoms with Gasteiger partial charge in [-0.3, -0.25) is 4.79 Å². The predicted molar refractivity (Wildman–Crippen MR) is 72.0 cm³/mol. The summed E-state index contributed by atoms with van der Waals surface area (Å²) in [5.74, 6) is -0.638. The molecule has 0 heterocycles. The number of nitrogens with two attached hydrogens (primary N) is 1. The van der Waals surface area contributed by atoms with Crippen LogP contribution in [0.3, 0.4) is 0 Å². The zero-order valence-electron chi connectivity index (χ0n) is 10.9. The molecular weight excluding hydrogens is 261 g/mol. The summed E-state index contributed by atoms with van der Waals surface area (Å²) in [5, 5.41) is 0. The molecule has 2 rings (SSSR count). The molecule has 0 aliphatic rings. The minimum absolute atomic E-state index is 0.201. The van der Waals surface area contributed by atoms with Gasteiger partial charge in [0.1, 0.15) is 5.82 Å². The first-order valence-corrected chi connectivity index (χ1v) is 5.96.